The number of hydrogen-bond donors (Lipinski definition) is 0. The number of likely N-dealkylation sites (tertiary alicyclic amines) is 1. The minimum absolute atomic E-state index is 0.113. The molecule has 23 heavy (non-hydrogen) atoms. The van der Waals surface area contributed by atoms with Gasteiger partial charge in [0.15, 0.2) is 0 Å². The fraction of sp³-hybridized carbons (Fsp3) is 0.500. The van der Waals surface area contributed by atoms with Crippen LogP contribution in [0.5, 0.6) is 0 Å². The Kier molecular flexibility index (Phi) is 5.41. The maximum Gasteiger partial charge on any atom is 0.126 e. The van der Waals surface area contributed by atoms with Gasteiger partial charge in [-0.2, -0.15) is 0 Å². The van der Waals surface area contributed by atoms with Gasteiger partial charge in [-0.05, 0) is 31.4 Å². The molecule has 0 radical (unpaired) electrons. The van der Waals surface area contributed by atoms with Crippen molar-refractivity contribution < 1.29 is 9.13 Å². The first-order valence-electron chi connectivity index (χ1n) is 8.05. The number of nitrogens with zero attached hydrogens (tertiary/aromatic N) is 2. The highest BCUT2D eigenvalue weighted by molar-refractivity contribution is 7.09. The first-order valence-corrected chi connectivity index (χ1v) is 8.93. The van der Waals surface area contributed by atoms with Crippen LogP contribution in [0.2, 0.25) is 0 Å². The fourth-order valence-electron chi connectivity index (χ4n) is 3.36. The molecule has 0 aliphatic carbocycles. The van der Waals surface area contributed by atoms with E-state index >= 15 is 0 Å². The summed E-state index contributed by atoms with van der Waals surface area (Å²) in [6.07, 6.45) is 1.92. The summed E-state index contributed by atoms with van der Waals surface area (Å²) in [5, 5.41) is 0. The molecule has 0 amide bonds. The van der Waals surface area contributed by atoms with Crippen LogP contribution in [0.3, 0.4) is 0 Å². The number of methoxy groups -OCH3 is 1. The summed E-state index contributed by atoms with van der Waals surface area (Å²) in [7, 11) is 1.77. The fourth-order valence-corrected chi connectivity index (χ4v) is 4.18. The Morgan fingerprint density at radius 3 is 2.91 bits per heavy atom. The zero-order valence-electron chi connectivity index (χ0n) is 13.7. The van der Waals surface area contributed by atoms with Gasteiger partial charge in [0.25, 0.3) is 0 Å². The van der Waals surface area contributed by atoms with Crippen LogP contribution in [0.25, 0.3) is 0 Å². The molecule has 1 aromatic carbocycles. The van der Waals surface area contributed by atoms with Gasteiger partial charge in [-0.25, -0.2) is 9.37 Å². The van der Waals surface area contributed by atoms with Crippen LogP contribution in [-0.2, 0) is 17.7 Å². The van der Waals surface area contributed by atoms with E-state index in [0.717, 1.165) is 43.7 Å². The number of rotatable bonds is 5. The zero-order valence-corrected chi connectivity index (χ0v) is 14.5. The molecule has 0 saturated carbocycles. The third-order valence-electron chi connectivity index (χ3n) is 4.70. The lowest BCUT2D eigenvalue weighted by molar-refractivity contribution is -0.00853. The standard InChI is InChI=1S/C18H23FN2OS/c1-13-18(23-12-20-13)11-21-8-7-17(22-2)15(10-21)9-14-5-3-4-6-16(14)19/h3-6,12,15,17H,7-11H2,1-2H3/t15-,17-/m1/s1. The van der Waals surface area contributed by atoms with Crippen LogP contribution in [0.4, 0.5) is 4.39 Å². The molecule has 2 atom stereocenters. The molecule has 2 aromatic rings. The normalized spacial score (nSPS) is 22.4. The molecule has 124 valence electrons. The van der Waals surface area contributed by atoms with Crippen molar-refractivity contribution in [2.24, 2.45) is 5.92 Å². The van der Waals surface area contributed by atoms with Crippen molar-refractivity contribution in [1.29, 1.82) is 0 Å². The third-order valence-corrected chi connectivity index (χ3v) is 5.62. The molecule has 0 unspecified atom stereocenters. The second-order valence-corrected chi connectivity index (χ2v) is 7.15. The van der Waals surface area contributed by atoms with Crippen LogP contribution in [0, 0.1) is 18.7 Å². The van der Waals surface area contributed by atoms with Crippen molar-refractivity contribution >= 4 is 11.3 Å². The van der Waals surface area contributed by atoms with Gasteiger partial charge in [0.05, 0.1) is 17.3 Å². The van der Waals surface area contributed by atoms with Crippen molar-refractivity contribution in [3.8, 4) is 0 Å². The van der Waals surface area contributed by atoms with Crippen molar-refractivity contribution in [1.82, 2.24) is 9.88 Å². The topological polar surface area (TPSA) is 25.4 Å². The highest BCUT2D eigenvalue weighted by Crippen LogP contribution is 2.26. The average molecular weight is 334 g/mol. The number of thiazole rings is 1. The number of aryl methyl sites for hydroxylation is 1. The van der Waals surface area contributed by atoms with E-state index in [1.165, 1.54) is 4.88 Å². The molecule has 1 saturated heterocycles. The Morgan fingerprint density at radius 2 is 2.22 bits per heavy atom. The summed E-state index contributed by atoms with van der Waals surface area (Å²) in [6, 6.07) is 7.07. The van der Waals surface area contributed by atoms with Gasteiger partial charge in [0.2, 0.25) is 0 Å². The summed E-state index contributed by atoms with van der Waals surface area (Å²) < 4.78 is 19.6. The SMILES string of the molecule is CO[C@@H]1CCN(Cc2scnc2C)C[C@H]1Cc1ccccc1F. The molecule has 1 aliphatic heterocycles. The average Bonchev–Trinajstić information content (AvgIpc) is 2.95. The number of benzene rings is 1. The van der Waals surface area contributed by atoms with Gasteiger partial charge in [-0.3, -0.25) is 4.90 Å². The minimum Gasteiger partial charge on any atom is -0.381 e. The second-order valence-electron chi connectivity index (χ2n) is 6.21. The van der Waals surface area contributed by atoms with E-state index < -0.39 is 0 Å². The molecule has 0 bridgehead atoms. The molecule has 1 fully saturated rings. The molecule has 1 aliphatic rings. The first kappa shape index (κ1) is 16.6. The number of aromatic nitrogens is 1. The minimum atomic E-state index is -0.113. The number of halogens is 1. The predicted molar refractivity (Wildman–Crippen MR) is 91.1 cm³/mol. The van der Waals surface area contributed by atoms with E-state index in [2.05, 4.69) is 16.8 Å². The van der Waals surface area contributed by atoms with Crippen LogP contribution in [0.1, 0.15) is 22.6 Å². The van der Waals surface area contributed by atoms with Gasteiger partial charge in [0.1, 0.15) is 5.82 Å². The summed E-state index contributed by atoms with van der Waals surface area (Å²) >= 11 is 1.71. The molecule has 2 heterocycles. The molecule has 3 nitrogen and oxygen atoms in total. The summed E-state index contributed by atoms with van der Waals surface area (Å²) in [5.41, 5.74) is 3.81. The quantitative estimate of drug-likeness (QED) is 0.834. The first-order chi connectivity index (χ1) is 11.2. The maximum absolute atomic E-state index is 14.0. The van der Waals surface area contributed by atoms with Crippen LogP contribution in [0.15, 0.2) is 29.8 Å². The molecule has 0 spiro atoms. The van der Waals surface area contributed by atoms with Crippen LogP contribution in [-0.4, -0.2) is 36.2 Å². The van der Waals surface area contributed by atoms with E-state index in [1.807, 2.05) is 17.6 Å². The highest BCUT2D eigenvalue weighted by atomic mass is 32.1. The van der Waals surface area contributed by atoms with Crippen molar-refractivity contribution in [3.05, 3.63) is 51.7 Å². The van der Waals surface area contributed by atoms with E-state index in [0.29, 0.717) is 5.92 Å². The van der Waals surface area contributed by atoms with Gasteiger partial charge < -0.3 is 4.74 Å². The van der Waals surface area contributed by atoms with Gasteiger partial charge in [0, 0.05) is 37.5 Å². The van der Waals surface area contributed by atoms with Crippen molar-refractivity contribution in [2.45, 2.75) is 32.4 Å². The lowest BCUT2D eigenvalue weighted by Crippen LogP contribution is -2.44. The summed E-state index contributed by atoms with van der Waals surface area (Å²) in [4.78, 5) is 8.10. The Balaban J connectivity index is 1.69. The smallest absolute Gasteiger partial charge is 0.126 e. The van der Waals surface area contributed by atoms with Crippen LogP contribution >= 0.6 is 11.3 Å². The van der Waals surface area contributed by atoms with E-state index in [9.17, 15) is 4.39 Å². The number of ether oxygens (including phenoxy) is 1. The molecule has 3 rings (SSSR count). The largest absolute Gasteiger partial charge is 0.381 e. The molecule has 1 aromatic heterocycles. The Hall–Kier alpha value is -1.30. The van der Waals surface area contributed by atoms with E-state index in [4.69, 9.17) is 4.74 Å². The summed E-state index contributed by atoms with van der Waals surface area (Å²) in [6.45, 7) is 4.94. The number of piperidine rings is 1. The van der Waals surface area contributed by atoms with Gasteiger partial charge in [-0.15, -0.1) is 11.3 Å². The van der Waals surface area contributed by atoms with E-state index in [1.54, 1.807) is 30.6 Å². The van der Waals surface area contributed by atoms with Crippen molar-refractivity contribution in [3.63, 3.8) is 0 Å². The third kappa shape index (κ3) is 3.97. The van der Waals surface area contributed by atoms with E-state index in [-0.39, 0.29) is 11.9 Å². The second kappa shape index (κ2) is 7.51. The molecule has 5 heteroatoms. The molecular formula is C18H23FN2OS. The molecule has 0 N–H and O–H groups in total. The molecular weight excluding hydrogens is 311 g/mol. The Labute approximate surface area is 141 Å². The van der Waals surface area contributed by atoms with Gasteiger partial charge in [-0.1, -0.05) is 18.2 Å². The lowest BCUT2D eigenvalue weighted by atomic mass is 9.88. The van der Waals surface area contributed by atoms with Gasteiger partial charge >= 0.3 is 0 Å². The Morgan fingerprint density at radius 1 is 1.39 bits per heavy atom. The lowest BCUT2D eigenvalue weighted by Gasteiger charge is -2.38. The monoisotopic (exact) mass is 334 g/mol. The zero-order chi connectivity index (χ0) is 16.2. The highest BCUT2D eigenvalue weighted by Gasteiger charge is 2.30. The Bertz CT molecular complexity index is 645. The van der Waals surface area contributed by atoms with Crippen molar-refractivity contribution in [2.75, 3.05) is 20.2 Å². The predicted octanol–water partition coefficient (Wildman–Crippen LogP) is 3.67. The van der Waals surface area contributed by atoms with Crippen LogP contribution < -0.4 is 0 Å². The number of hydrogen-bond acceptors (Lipinski definition) is 4. The maximum atomic E-state index is 14.0. The summed E-state index contributed by atoms with van der Waals surface area (Å²) in [5.74, 6) is 0.205.